The highest BCUT2D eigenvalue weighted by molar-refractivity contribution is 5.64. The molecule has 1 saturated heterocycles. The number of aromatic nitrogens is 2. The van der Waals surface area contributed by atoms with Crippen LogP contribution in [0.1, 0.15) is 31.2 Å². The Kier molecular flexibility index (Phi) is 4.53. The average Bonchev–Trinajstić information content (AvgIpc) is 2.53. The van der Waals surface area contributed by atoms with Crippen molar-refractivity contribution in [1.82, 2.24) is 15.3 Å². The SMILES string of the molecule is Nc1cc(-c2cc(O)cc(CCC3CCCCN3)c2)ncn1. The van der Waals surface area contributed by atoms with E-state index in [2.05, 4.69) is 21.4 Å². The topological polar surface area (TPSA) is 84.1 Å². The second kappa shape index (κ2) is 6.75. The van der Waals surface area contributed by atoms with E-state index in [0.717, 1.165) is 36.2 Å². The van der Waals surface area contributed by atoms with E-state index in [1.54, 1.807) is 12.1 Å². The Labute approximate surface area is 130 Å². The molecule has 1 aromatic carbocycles. The van der Waals surface area contributed by atoms with Crippen LogP contribution < -0.4 is 11.1 Å². The molecular formula is C17H22N4O. The van der Waals surface area contributed by atoms with Crippen molar-refractivity contribution in [2.75, 3.05) is 12.3 Å². The molecule has 0 amide bonds. The molecule has 2 aromatic rings. The maximum atomic E-state index is 9.97. The molecule has 2 heterocycles. The Morgan fingerprint density at radius 1 is 1.18 bits per heavy atom. The largest absolute Gasteiger partial charge is 0.508 e. The molecule has 5 heteroatoms. The van der Waals surface area contributed by atoms with Gasteiger partial charge in [-0.2, -0.15) is 0 Å². The summed E-state index contributed by atoms with van der Waals surface area (Å²) >= 11 is 0. The molecule has 3 rings (SSSR count). The summed E-state index contributed by atoms with van der Waals surface area (Å²) in [7, 11) is 0. The summed E-state index contributed by atoms with van der Waals surface area (Å²) < 4.78 is 0. The summed E-state index contributed by atoms with van der Waals surface area (Å²) in [4.78, 5) is 8.13. The van der Waals surface area contributed by atoms with Crippen molar-refractivity contribution in [2.45, 2.75) is 38.1 Å². The predicted octanol–water partition coefficient (Wildman–Crippen LogP) is 2.51. The van der Waals surface area contributed by atoms with Gasteiger partial charge in [-0.3, -0.25) is 0 Å². The minimum atomic E-state index is 0.265. The monoisotopic (exact) mass is 298 g/mol. The standard InChI is InChI=1S/C17H22N4O/c18-17-10-16(20-11-21-17)13-7-12(8-15(22)9-13)4-5-14-3-1-2-6-19-14/h7-11,14,19,22H,1-6H2,(H2,18,20,21). The third kappa shape index (κ3) is 3.74. The fourth-order valence-corrected chi connectivity index (χ4v) is 3.01. The number of nitrogens with zero attached hydrogens (tertiary/aromatic N) is 2. The molecule has 1 aliphatic rings. The van der Waals surface area contributed by atoms with E-state index in [-0.39, 0.29) is 5.75 Å². The number of piperidine rings is 1. The van der Waals surface area contributed by atoms with E-state index in [1.807, 2.05) is 6.07 Å². The molecule has 1 aromatic heterocycles. The maximum Gasteiger partial charge on any atom is 0.127 e. The second-order valence-electron chi connectivity index (χ2n) is 5.90. The Morgan fingerprint density at radius 3 is 2.86 bits per heavy atom. The molecule has 0 aliphatic carbocycles. The number of aromatic hydroxyl groups is 1. The first-order valence-corrected chi connectivity index (χ1v) is 7.85. The first-order chi connectivity index (χ1) is 10.7. The van der Waals surface area contributed by atoms with Crippen molar-refractivity contribution in [1.29, 1.82) is 0 Å². The lowest BCUT2D eigenvalue weighted by atomic mass is 9.96. The van der Waals surface area contributed by atoms with Crippen molar-refractivity contribution >= 4 is 5.82 Å². The number of anilines is 1. The fourth-order valence-electron chi connectivity index (χ4n) is 3.01. The van der Waals surface area contributed by atoms with Gasteiger partial charge in [0.25, 0.3) is 0 Å². The van der Waals surface area contributed by atoms with Crippen LogP contribution in [0, 0.1) is 0 Å². The number of hydrogen-bond donors (Lipinski definition) is 3. The van der Waals surface area contributed by atoms with Gasteiger partial charge in [-0.15, -0.1) is 0 Å². The van der Waals surface area contributed by atoms with Crippen molar-refractivity contribution in [2.24, 2.45) is 0 Å². The normalized spacial score (nSPS) is 18.3. The maximum absolute atomic E-state index is 9.97. The zero-order chi connectivity index (χ0) is 15.4. The van der Waals surface area contributed by atoms with Crippen LogP contribution in [-0.4, -0.2) is 27.7 Å². The smallest absolute Gasteiger partial charge is 0.127 e. The number of hydrogen-bond acceptors (Lipinski definition) is 5. The van der Waals surface area contributed by atoms with Crippen LogP contribution in [0.25, 0.3) is 11.3 Å². The van der Waals surface area contributed by atoms with Crippen molar-refractivity contribution in [3.05, 3.63) is 36.2 Å². The molecular weight excluding hydrogens is 276 g/mol. The molecule has 0 bridgehead atoms. The quantitative estimate of drug-likeness (QED) is 0.807. The zero-order valence-electron chi connectivity index (χ0n) is 12.6. The van der Waals surface area contributed by atoms with Crippen LogP contribution in [0.3, 0.4) is 0 Å². The van der Waals surface area contributed by atoms with Crippen molar-refractivity contribution in [3.8, 4) is 17.0 Å². The van der Waals surface area contributed by atoms with E-state index in [9.17, 15) is 5.11 Å². The van der Waals surface area contributed by atoms with Gasteiger partial charge < -0.3 is 16.2 Å². The lowest BCUT2D eigenvalue weighted by Crippen LogP contribution is -2.34. The molecule has 22 heavy (non-hydrogen) atoms. The van der Waals surface area contributed by atoms with E-state index in [0.29, 0.717) is 11.9 Å². The molecule has 1 aliphatic heterocycles. The third-order valence-corrected chi connectivity index (χ3v) is 4.16. The highest BCUT2D eigenvalue weighted by Gasteiger charge is 2.13. The molecule has 5 nitrogen and oxygen atoms in total. The number of phenols is 1. The minimum Gasteiger partial charge on any atom is -0.508 e. The molecule has 0 radical (unpaired) electrons. The number of rotatable bonds is 4. The van der Waals surface area contributed by atoms with E-state index < -0.39 is 0 Å². The lowest BCUT2D eigenvalue weighted by molar-refractivity contribution is 0.382. The summed E-state index contributed by atoms with van der Waals surface area (Å²) in [6, 6.07) is 7.93. The highest BCUT2D eigenvalue weighted by Crippen LogP contribution is 2.26. The Balaban J connectivity index is 1.74. The molecule has 0 saturated carbocycles. The molecule has 1 atom stereocenters. The summed E-state index contributed by atoms with van der Waals surface area (Å²) in [5.41, 5.74) is 8.44. The van der Waals surface area contributed by atoms with Gasteiger partial charge in [0.2, 0.25) is 0 Å². The Bertz CT molecular complexity index is 638. The van der Waals surface area contributed by atoms with Gasteiger partial charge in [0.1, 0.15) is 17.9 Å². The van der Waals surface area contributed by atoms with E-state index in [1.165, 1.54) is 25.6 Å². The van der Waals surface area contributed by atoms with Gasteiger partial charge >= 0.3 is 0 Å². The van der Waals surface area contributed by atoms with Crippen LogP contribution in [0.4, 0.5) is 5.82 Å². The van der Waals surface area contributed by atoms with E-state index >= 15 is 0 Å². The molecule has 1 fully saturated rings. The molecule has 1 unspecified atom stereocenters. The molecule has 4 N–H and O–H groups in total. The first-order valence-electron chi connectivity index (χ1n) is 7.85. The Hall–Kier alpha value is -2.14. The van der Waals surface area contributed by atoms with Crippen LogP contribution in [-0.2, 0) is 6.42 Å². The third-order valence-electron chi connectivity index (χ3n) is 4.16. The first kappa shape index (κ1) is 14.8. The van der Waals surface area contributed by atoms with Crippen LogP contribution in [0.5, 0.6) is 5.75 Å². The zero-order valence-corrected chi connectivity index (χ0v) is 12.6. The molecule has 116 valence electrons. The average molecular weight is 298 g/mol. The number of nitrogen functional groups attached to an aromatic ring is 1. The van der Waals surface area contributed by atoms with Crippen LogP contribution in [0.2, 0.25) is 0 Å². The number of benzene rings is 1. The van der Waals surface area contributed by atoms with Crippen LogP contribution in [0.15, 0.2) is 30.6 Å². The van der Waals surface area contributed by atoms with Gasteiger partial charge in [-0.05, 0) is 56.0 Å². The number of nitrogens with two attached hydrogens (primary N) is 1. The number of nitrogens with one attached hydrogen (secondary N) is 1. The summed E-state index contributed by atoms with van der Waals surface area (Å²) in [6.45, 7) is 1.12. The van der Waals surface area contributed by atoms with Gasteiger partial charge in [0, 0.05) is 17.7 Å². The van der Waals surface area contributed by atoms with E-state index in [4.69, 9.17) is 5.73 Å². The summed E-state index contributed by atoms with van der Waals surface area (Å²) in [5, 5.41) is 13.5. The fraction of sp³-hybridized carbons (Fsp3) is 0.412. The minimum absolute atomic E-state index is 0.265. The van der Waals surface area contributed by atoms with Gasteiger partial charge in [0.15, 0.2) is 0 Å². The molecule has 0 spiro atoms. The predicted molar refractivity (Wildman–Crippen MR) is 87.5 cm³/mol. The second-order valence-corrected chi connectivity index (χ2v) is 5.90. The summed E-state index contributed by atoms with van der Waals surface area (Å²) in [5.74, 6) is 0.697. The number of phenolic OH excluding ortho intramolecular Hbond substituents is 1. The lowest BCUT2D eigenvalue weighted by Gasteiger charge is -2.23. The summed E-state index contributed by atoms with van der Waals surface area (Å²) in [6.07, 6.45) is 7.31. The van der Waals surface area contributed by atoms with Gasteiger partial charge in [-0.25, -0.2) is 9.97 Å². The van der Waals surface area contributed by atoms with Crippen LogP contribution >= 0.6 is 0 Å². The number of aryl methyl sites for hydroxylation is 1. The Morgan fingerprint density at radius 2 is 2.09 bits per heavy atom. The van der Waals surface area contributed by atoms with Crippen molar-refractivity contribution < 1.29 is 5.11 Å². The van der Waals surface area contributed by atoms with Crippen molar-refractivity contribution in [3.63, 3.8) is 0 Å². The van der Waals surface area contributed by atoms with Gasteiger partial charge in [-0.1, -0.05) is 6.42 Å². The van der Waals surface area contributed by atoms with Gasteiger partial charge in [0.05, 0.1) is 5.69 Å². The highest BCUT2D eigenvalue weighted by atomic mass is 16.3.